The van der Waals surface area contributed by atoms with E-state index in [4.69, 9.17) is 10.6 Å². The van der Waals surface area contributed by atoms with Crippen LogP contribution in [0.3, 0.4) is 0 Å². The van der Waals surface area contributed by atoms with Crippen LogP contribution in [0.2, 0.25) is 0 Å². The van der Waals surface area contributed by atoms with Gasteiger partial charge in [-0.05, 0) is 35.6 Å². The maximum atomic E-state index is 5.75. The zero-order valence-electron chi connectivity index (χ0n) is 11.0. The fourth-order valence-electron chi connectivity index (χ4n) is 2.93. The van der Waals surface area contributed by atoms with Crippen molar-refractivity contribution < 1.29 is 4.74 Å². The monoisotopic (exact) mass is 256 g/mol. The van der Waals surface area contributed by atoms with E-state index in [1.807, 2.05) is 0 Å². The van der Waals surface area contributed by atoms with Gasteiger partial charge in [-0.2, -0.15) is 0 Å². The summed E-state index contributed by atoms with van der Waals surface area (Å²) in [7, 11) is 0. The molecule has 3 heteroatoms. The van der Waals surface area contributed by atoms with Crippen molar-refractivity contribution in [1.82, 2.24) is 5.43 Å². The van der Waals surface area contributed by atoms with Gasteiger partial charge in [-0.3, -0.25) is 11.3 Å². The van der Waals surface area contributed by atoms with E-state index in [2.05, 4.69) is 47.9 Å². The van der Waals surface area contributed by atoms with Gasteiger partial charge >= 0.3 is 0 Å². The number of nitrogens with one attached hydrogen (secondary N) is 1. The van der Waals surface area contributed by atoms with Crippen LogP contribution in [0.1, 0.15) is 18.4 Å². The highest BCUT2D eigenvalue weighted by molar-refractivity contribution is 5.85. The summed E-state index contributed by atoms with van der Waals surface area (Å²) in [6.45, 7) is 0.860. The number of hydrazine groups is 1. The summed E-state index contributed by atoms with van der Waals surface area (Å²) < 4.78 is 5.75. The van der Waals surface area contributed by atoms with Crippen LogP contribution in [0.25, 0.3) is 10.8 Å². The van der Waals surface area contributed by atoms with Crippen molar-refractivity contribution in [3.8, 4) is 0 Å². The highest BCUT2D eigenvalue weighted by Gasteiger charge is 2.25. The van der Waals surface area contributed by atoms with Crippen molar-refractivity contribution in [3.63, 3.8) is 0 Å². The molecule has 3 N–H and O–H groups in total. The quantitative estimate of drug-likeness (QED) is 0.652. The third kappa shape index (κ3) is 2.63. The first-order valence-corrected chi connectivity index (χ1v) is 6.93. The predicted molar refractivity (Wildman–Crippen MR) is 77.7 cm³/mol. The highest BCUT2D eigenvalue weighted by atomic mass is 16.5. The Morgan fingerprint density at radius 3 is 2.84 bits per heavy atom. The molecule has 0 bridgehead atoms. The third-order valence-corrected chi connectivity index (χ3v) is 3.95. The number of hydrogen-bond donors (Lipinski definition) is 2. The lowest BCUT2D eigenvalue weighted by Crippen LogP contribution is -2.45. The van der Waals surface area contributed by atoms with Crippen LogP contribution < -0.4 is 11.3 Å². The molecule has 0 radical (unpaired) electrons. The lowest BCUT2D eigenvalue weighted by Gasteiger charge is -2.22. The minimum Gasteiger partial charge on any atom is -0.377 e. The molecule has 1 saturated heterocycles. The fraction of sp³-hybridized carbons (Fsp3) is 0.375. The topological polar surface area (TPSA) is 47.3 Å². The molecule has 2 unspecified atom stereocenters. The zero-order chi connectivity index (χ0) is 13.1. The Balaban J connectivity index is 1.87. The molecule has 1 fully saturated rings. The van der Waals surface area contributed by atoms with Crippen molar-refractivity contribution in [1.29, 1.82) is 0 Å². The van der Waals surface area contributed by atoms with Crippen molar-refractivity contribution in [3.05, 3.63) is 48.0 Å². The van der Waals surface area contributed by atoms with Gasteiger partial charge in [0, 0.05) is 6.61 Å². The Bertz CT molecular complexity index is 544. The lowest BCUT2D eigenvalue weighted by molar-refractivity contribution is 0.0785. The summed E-state index contributed by atoms with van der Waals surface area (Å²) in [6.07, 6.45) is 3.38. The summed E-state index contributed by atoms with van der Waals surface area (Å²) in [6, 6.07) is 15.1. The second kappa shape index (κ2) is 5.70. The Hall–Kier alpha value is -1.42. The van der Waals surface area contributed by atoms with E-state index in [-0.39, 0.29) is 12.1 Å². The van der Waals surface area contributed by atoms with Gasteiger partial charge in [-0.25, -0.2) is 0 Å². The van der Waals surface area contributed by atoms with Crippen molar-refractivity contribution >= 4 is 10.8 Å². The van der Waals surface area contributed by atoms with Crippen LogP contribution in [0.15, 0.2) is 42.5 Å². The molecule has 2 atom stereocenters. The number of hydrogen-bond acceptors (Lipinski definition) is 3. The summed E-state index contributed by atoms with van der Waals surface area (Å²) in [5, 5.41) is 2.59. The van der Waals surface area contributed by atoms with Crippen LogP contribution in [-0.4, -0.2) is 18.8 Å². The molecule has 0 aliphatic carbocycles. The predicted octanol–water partition coefficient (Wildman–Crippen LogP) is 2.39. The van der Waals surface area contributed by atoms with Gasteiger partial charge in [0.25, 0.3) is 0 Å². The van der Waals surface area contributed by atoms with Gasteiger partial charge in [-0.15, -0.1) is 0 Å². The molecule has 1 aliphatic rings. The van der Waals surface area contributed by atoms with E-state index in [0.29, 0.717) is 0 Å². The molecule has 3 nitrogen and oxygen atoms in total. The van der Waals surface area contributed by atoms with E-state index in [9.17, 15) is 0 Å². The minimum absolute atomic E-state index is 0.188. The molecule has 0 saturated carbocycles. The van der Waals surface area contributed by atoms with E-state index >= 15 is 0 Å². The Kier molecular flexibility index (Phi) is 3.78. The molecule has 0 amide bonds. The number of fused-ring (bicyclic) bond motifs is 1. The maximum Gasteiger partial charge on any atom is 0.0745 e. The average Bonchev–Trinajstić information content (AvgIpc) is 2.99. The van der Waals surface area contributed by atoms with E-state index in [0.717, 1.165) is 25.9 Å². The van der Waals surface area contributed by atoms with Gasteiger partial charge in [0.15, 0.2) is 0 Å². The fourth-order valence-corrected chi connectivity index (χ4v) is 2.93. The second-order valence-corrected chi connectivity index (χ2v) is 5.17. The van der Waals surface area contributed by atoms with E-state index in [1.54, 1.807) is 0 Å². The summed E-state index contributed by atoms with van der Waals surface area (Å²) >= 11 is 0. The first kappa shape index (κ1) is 12.6. The maximum absolute atomic E-state index is 5.75. The molecule has 2 aromatic rings. The van der Waals surface area contributed by atoms with Gasteiger partial charge < -0.3 is 4.74 Å². The number of rotatable bonds is 4. The molecule has 0 spiro atoms. The zero-order valence-corrected chi connectivity index (χ0v) is 11.0. The van der Waals surface area contributed by atoms with Gasteiger partial charge in [0.1, 0.15) is 0 Å². The van der Waals surface area contributed by atoms with Gasteiger partial charge in [-0.1, -0.05) is 42.5 Å². The highest BCUT2D eigenvalue weighted by Crippen LogP contribution is 2.23. The molecule has 2 aromatic carbocycles. The Labute approximate surface area is 113 Å². The van der Waals surface area contributed by atoms with Gasteiger partial charge in [0.2, 0.25) is 0 Å². The molecule has 3 rings (SSSR count). The van der Waals surface area contributed by atoms with Crippen LogP contribution in [0, 0.1) is 0 Å². The summed E-state index contributed by atoms with van der Waals surface area (Å²) in [4.78, 5) is 0. The Morgan fingerprint density at radius 2 is 2.05 bits per heavy atom. The second-order valence-electron chi connectivity index (χ2n) is 5.17. The van der Waals surface area contributed by atoms with Gasteiger partial charge in [0.05, 0.1) is 12.1 Å². The summed E-state index contributed by atoms with van der Waals surface area (Å²) in [5.74, 6) is 5.71. The van der Waals surface area contributed by atoms with Crippen molar-refractivity contribution in [2.45, 2.75) is 31.4 Å². The number of nitrogens with two attached hydrogens (primary N) is 1. The molecule has 19 heavy (non-hydrogen) atoms. The first-order valence-electron chi connectivity index (χ1n) is 6.93. The number of ether oxygens (including phenoxy) is 1. The molecule has 1 aliphatic heterocycles. The molecular weight excluding hydrogens is 236 g/mol. The molecule has 1 heterocycles. The minimum atomic E-state index is 0.188. The van der Waals surface area contributed by atoms with Crippen LogP contribution in [-0.2, 0) is 11.2 Å². The van der Waals surface area contributed by atoms with E-state index < -0.39 is 0 Å². The summed E-state index contributed by atoms with van der Waals surface area (Å²) in [5.41, 5.74) is 4.26. The number of benzene rings is 2. The SMILES string of the molecule is NNC(Cc1cccc2ccccc12)C1CCCO1. The van der Waals surface area contributed by atoms with Crippen LogP contribution >= 0.6 is 0 Å². The molecular formula is C16H20N2O. The third-order valence-electron chi connectivity index (χ3n) is 3.95. The van der Waals surface area contributed by atoms with E-state index in [1.165, 1.54) is 16.3 Å². The van der Waals surface area contributed by atoms with Crippen molar-refractivity contribution in [2.24, 2.45) is 5.84 Å². The molecule has 0 aromatic heterocycles. The van der Waals surface area contributed by atoms with Crippen molar-refractivity contribution in [2.75, 3.05) is 6.61 Å². The average molecular weight is 256 g/mol. The standard InChI is InChI=1S/C16H20N2O/c17-18-15(16-9-4-10-19-16)11-13-7-3-6-12-5-1-2-8-14(12)13/h1-3,5-8,15-16,18H,4,9-11,17H2. The molecule has 100 valence electrons. The van der Waals surface area contributed by atoms with Crippen LogP contribution in [0.5, 0.6) is 0 Å². The Morgan fingerprint density at radius 1 is 1.21 bits per heavy atom. The normalized spacial score (nSPS) is 20.8. The lowest BCUT2D eigenvalue weighted by atomic mass is 9.95. The largest absolute Gasteiger partial charge is 0.377 e. The first-order chi connectivity index (χ1) is 9.38. The van der Waals surface area contributed by atoms with Crippen LogP contribution in [0.4, 0.5) is 0 Å². The smallest absolute Gasteiger partial charge is 0.0745 e.